The number of amides is 2. The van der Waals surface area contributed by atoms with E-state index in [1.54, 1.807) is 0 Å². The minimum Gasteiger partial charge on any atom is -0.480 e. The molecule has 2 saturated carbocycles. The van der Waals surface area contributed by atoms with Gasteiger partial charge in [0.2, 0.25) is 11.8 Å². The molecule has 2 amide bonds. The van der Waals surface area contributed by atoms with Crippen molar-refractivity contribution in [3.8, 4) is 0 Å². The van der Waals surface area contributed by atoms with Gasteiger partial charge in [0.05, 0.1) is 0 Å². The van der Waals surface area contributed by atoms with E-state index in [2.05, 4.69) is 10.6 Å². The van der Waals surface area contributed by atoms with E-state index >= 15 is 0 Å². The van der Waals surface area contributed by atoms with Crippen LogP contribution in [0.4, 0.5) is 0 Å². The Hall–Kier alpha value is -1.59. The van der Waals surface area contributed by atoms with Gasteiger partial charge in [0, 0.05) is 17.9 Å². The molecule has 0 heterocycles. The summed E-state index contributed by atoms with van der Waals surface area (Å²) >= 11 is 0. The number of hydrogen-bond donors (Lipinski definition) is 3. The van der Waals surface area contributed by atoms with Gasteiger partial charge >= 0.3 is 5.97 Å². The lowest BCUT2D eigenvalue weighted by Crippen LogP contribution is -2.48. The van der Waals surface area contributed by atoms with Crippen molar-refractivity contribution >= 4 is 17.8 Å². The Kier molecular flexibility index (Phi) is 7.26. The van der Waals surface area contributed by atoms with Crippen LogP contribution in [0.5, 0.6) is 0 Å². The first-order chi connectivity index (χ1) is 11.9. The third kappa shape index (κ3) is 5.44. The normalized spacial score (nSPS) is 26.6. The van der Waals surface area contributed by atoms with E-state index in [1.165, 1.54) is 0 Å². The van der Waals surface area contributed by atoms with Crippen molar-refractivity contribution < 1.29 is 19.5 Å². The second kappa shape index (κ2) is 9.20. The average Bonchev–Trinajstić information content (AvgIpc) is 3.14. The number of carbonyl (C=O) groups excluding carboxylic acids is 2. The summed E-state index contributed by atoms with van der Waals surface area (Å²) in [6.07, 6.45) is 7.97. The van der Waals surface area contributed by atoms with Crippen LogP contribution < -0.4 is 10.6 Å². The molecule has 2 unspecified atom stereocenters. The molecular weight excluding hydrogens is 320 g/mol. The van der Waals surface area contributed by atoms with Gasteiger partial charge in [-0.3, -0.25) is 9.59 Å². The zero-order chi connectivity index (χ0) is 18.4. The van der Waals surface area contributed by atoms with Crippen LogP contribution in [-0.4, -0.2) is 35.0 Å². The molecule has 0 radical (unpaired) electrons. The summed E-state index contributed by atoms with van der Waals surface area (Å²) in [5, 5.41) is 15.2. The molecule has 2 atom stereocenters. The molecule has 2 aliphatic rings. The fraction of sp³-hybridized carbons (Fsp3) is 0.842. The second-order valence-electron chi connectivity index (χ2n) is 7.75. The maximum atomic E-state index is 12.4. The standard InChI is InChI=1S/C19H32N2O4/c1-3-12(2)16(19(24)25)21-18(23)14-8-10-15(11-9-14)20-17(22)13-6-4-5-7-13/h12-16H,3-11H2,1-2H3,(H,20,22)(H,21,23)(H,24,25). The largest absolute Gasteiger partial charge is 0.480 e. The van der Waals surface area contributed by atoms with Crippen LogP contribution >= 0.6 is 0 Å². The molecule has 6 heteroatoms. The quantitative estimate of drug-likeness (QED) is 0.656. The Balaban J connectivity index is 1.77. The summed E-state index contributed by atoms with van der Waals surface area (Å²) in [7, 11) is 0. The van der Waals surface area contributed by atoms with Crippen LogP contribution in [0.2, 0.25) is 0 Å². The Morgan fingerprint density at radius 2 is 1.52 bits per heavy atom. The van der Waals surface area contributed by atoms with E-state index in [1.807, 2.05) is 13.8 Å². The van der Waals surface area contributed by atoms with Crippen LogP contribution in [0.15, 0.2) is 0 Å². The number of nitrogens with one attached hydrogen (secondary N) is 2. The Morgan fingerprint density at radius 3 is 2.04 bits per heavy atom. The molecule has 0 aliphatic heterocycles. The predicted molar refractivity (Wildman–Crippen MR) is 94.9 cm³/mol. The lowest BCUT2D eigenvalue weighted by atomic mass is 9.84. The average molecular weight is 352 g/mol. The van der Waals surface area contributed by atoms with Gasteiger partial charge in [0.15, 0.2) is 0 Å². The smallest absolute Gasteiger partial charge is 0.326 e. The number of carboxylic acids is 1. The van der Waals surface area contributed by atoms with Gasteiger partial charge in [-0.15, -0.1) is 0 Å². The molecule has 0 spiro atoms. The van der Waals surface area contributed by atoms with Crippen LogP contribution in [0, 0.1) is 17.8 Å². The predicted octanol–water partition coefficient (Wildman–Crippen LogP) is 2.47. The fourth-order valence-corrected chi connectivity index (χ4v) is 3.96. The monoisotopic (exact) mass is 352 g/mol. The highest BCUT2D eigenvalue weighted by molar-refractivity contribution is 5.85. The number of hydrogen-bond acceptors (Lipinski definition) is 3. The third-order valence-electron chi connectivity index (χ3n) is 5.95. The van der Waals surface area contributed by atoms with Crippen molar-refractivity contribution in [3.63, 3.8) is 0 Å². The maximum Gasteiger partial charge on any atom is 0.326 e. The molecule has 142 valence electrons. The van der Waals surface area contributed by atoms with Crippen LogP contribution in [0.3, 0.4) is 0 Å². The molecule has 2 aliphatic carbocycles. The van der Waals surface area contributed by atoms with Gasteiger partial charge < -0.3 is 15.7 Å². The highest BCUT2D eigenvalue weighted by Crippen LogP contribution is 2.28. The molecule has 0 bridgehead atoms. The molecule has 3 N–H and O–H groups in total. The number of carbonyl (C=O) groups is 3. The molecule has 2 fully saturated rings. The van der Waals surface area contributed by atoms with Crippen molar-refractivity contribution in [2.75, 3.05) is 0 Å². The minimum absolute atomic E-state index is 0.0940. The zero-order valence-corrected chi connectivity index (χ0v) is 15.4. The van der Waals surface area contributed by atoms with Crippen molar-refractivity contribution in [2.24, 2.45) is 17.8 Å². The molecule has 0 aromatic heterocycles. The number of carboxylic acid groups (broad SMARTS) is 1. The first-order valence-electron chi connectivity index (χ1n) is 9.75. The molecule has 25 heavy (non-hydrogen) atoms. The molecule has 0 aromatic rings. The number of aliphatic carboxylic acids is 1. The van der Waals surface area contributed by atoms with E-state index in [0.717, 1.165) is 38.5 Å². The van der Waals surface area contributed by atoms with Gasteiger partial charge in [-0.1, -0.05) is 33.1 Å². The highest BCUT2D eigenvalue weighted by atomic mass is 16.4. The van der Waals surface area contributed by atoms with Gasteiger partial charge in [-0.25, -0.2) is 4.79 Å². The Morgan fingerprint density at radius 1 is 0.960 bits per heavy atom. The zero-order valence-electron chi connectivity index (χ0n) is 15.4. The maximum absolute atomic E-state index is 12.4. The lowest BCUT2D eigenvalue weighted by molar-refractivity contribution is -0.144. The van der Waals surface area contributed by atoms with Gasteiger partial charge in [0.25, 0.3) is 0 Å². The first-order valence-corrected chi connectivity index (χ1v) is 9.75. The fourth-order valence-electron chi connectivity index (χ4n) is 3.96. The summed E-state index contributed by atoms with van der Waals surface area (Å²) < 4.78 is 0. The first kappa shape index (κ1) is 19.7. The Labute approximate surface area is 150 Å². The summed E-state index contributed by atoms with van der Waals surface area (Å²) in [4.78, 5) is 36.0. The third-order valence-corrected chi connectivity index (χ3v) is 5.95. The van der Waals surface area contributed by atoms with E-state index in [9.17, 15) is 19.5 Å². The molecular formula is C19H32N2O4. The number of rotatable bonds is 7. The van der Waals surface area contributed by atoms with Crippen molar-refractivity contribution in [2.45, 2.75) is 83.7 Å². The van der Waals surface area contributed by atoms with E-state index in [-0.39, 0.29) is 35.6 Å². The van der Waals surface area contributed by atoms with E-state index in [4.69, 9.17) is 0 Å². The van der Waals surface area contributed by atoms with Crippen molar-refractivity contribution in [3.05, 3.63) is 0 Å². The van der Waals surface area contributed by atoms with Crippen LogP contribution in [0.25, 0.3) is 0 Å². The summed E-state index contributed by atoms with van der Waals surface area (Å²) in [5.41, 5.74) is 0. The van der Waals surface area contributed by atoms with E-state index < -0.39 is 12.0 Å². The SMILES string of the molecule is CCC(C)C(NC(=O)C1CCC(NC(=O)C2CCCC2)CC1)C(=O)O. The van der Waals surface area contributed by atoms with Crippen molar-refractivity contribution in [1.82, 2.24) is 10.6 Å². The summed E-state index contributed by atoms with van der Waals surface area (Å²) in [6.45, 7) is 3.76. The summed E-state index contributed by atoms with van der Waals surface area (Å²) in [5.74, 6) is -1.02. The van der Waals surface area contributed by atoms with Gasteiger partial charge in [-0.2, -0.15) is 0 Å². The molecule has 0 saturated heterocycles. The van der Waals surface area contributed by atoms with E-state index in [0.29, 0.717) is 19.3 Å². The lowest BCUT2D eigenvalue weighted by Gasteiger charge is -2.30. The molecule has 6 nitrogen and oxygen atoms in total. The van der Waals surface area contributed by atoms with Gasteiger partial charge in [-0.05, 0) is 44.4 Å². The topological polar surface area (TPSA) is 95.5 Å². The van der Waals surface area contributed by atoms with Crippen LogP contribution in [-0.2, 0) is 14.4 Å². The molecule has 2 rings (SSSR count). The second-order valence-corrected chi connectivity index (χ2v) is 7.75. The Bertz CT molecular complexity index is 480. The van der Waals surface area contributed by atoms with Crippen LogP contribution in [0.1, 0.15) is 71.6 Å². The van der Waals surface area contributed by atoms with Crippen molar-refractivity contribution in [1.29, 1.82) is 0 Å². The minimum atomic E-state index is -0.972. The van der Waals surface area contributed by atoms with Gasteiger partial charge in [0.1, 0.15) is 6.04 Å². The molecule has 0 aromatic carbocycles. The highest BCUT2D eigenvalue weighted by Gasteiger charge is 2.32. The summed E-state index contributed by atoms with van der Waals surface area (Å²) in [6, 6.07) is -0.667.